The molecule has 22 heavy (non-hydrogen) atoms. The quantitative estimate of drug-likeness (QED) is 0.944. The number of benzene rings is 1. The number of nitrogens with one attached hydrogen (secondary N) is 1. The number of piperidine rings is 1. The minimum absolute atomic E-state index is 0. The summed E-state index contributed by atoms with van der Waals surface area (Å²) in [6.45, 7) is 1.50. The Morgan fingerprint density at radius 1 is 1.36 bits per heavy atom. The highest BCUT2D eigenvalue weighted by atomic mass is 35.5. The van der Waals surface area contributed by atoms with Crippen molar-refractivity contribution in [3.8, 4) is 11.3 Å². The molecule has 118 valence electrons. The Bertz CT molecular complexity index is 615. The highest BCUT2D eigenvalue weighted by Gasteiger charge is 2.26. The SMILES string of the molecule is CNC1CCCN(C(=O)c2cc(-c3ccccc3)no2)C1.Cl. The first-order chi connectivity index (χ1) is 10.3. The van der Waals surface area contributed by atoms with Crippen LogP contribution in [-0.2, 0) is 0 Å². The number of carbonyl (C=O) groups is 1. The third-order valence-corrected chi connectivity index (χ3v) is 3.91. The van der Waals surface area contributed by atoms with E-state index >= 15 is 0 Å². The van der Waals surface area contributed by atoms with Crippen LogP contribution in [0, 0.1) is 0 Å². The van der Waals surface area contributed by atoms with E-state index in [1.54, 1.807) is 6.07 Å². The molecule has 1 aromatic carbocycles. The van der Waals surface area contributed by atoms with E-state index in [1.165, 1.54) is 0 Å². The highest BCUT2D eigenvalue weighted by molar-refractivity contribution is 5.92. The van der Waals surface area contributed by atoms with Crippen molar-refractivity contribution < 1.29 is 9.32 Å². The van der Waals surface area contributed by atoms with Gasteiger partial charge in [0.1, 0.15) is 5.69 Å². The zero-order valence-electron chi connectivity index (χ0n) is 12.5. The van der Waals surface area contributed by atoms with E-state index in [0.717, 1.165) is 31.5 Å². The Labute approximate surface area is 136 Å². The van der Waals surface area contributed by atoms with Gasteiger partial charge >= 0.3 is 0 Å². The van der Waals surface area contributed by atoms with E-state index in [9.17, 15) is 4.79 Å². The number of likely N-dealkylation sites (tertiary alicyclic amines) is 1. The van der Waals surface area contributed by atoms with Crippen LogP contribution < -0.4 is 5.32 Å². The molecule has 5 nitrogen and oxygen atoms in total. The van der Waals surface area contributed by atoms with Gasteiger partial charge in [0.25, 0.3) is 5.91 Å². The Hall–Kier alpha value is -1.85. The van der Waals surface area contributed by atoms with Crippen LogP contribution in [0.15, 0.2) is 40.9 Å². The van der Waals surface area contributed by atoms with Gasteiger partial charge in [0.05, 0.1) is 0 Å². The largest absolute Gasteiger partial charge is 0.350 e. The second-order valence-corrected chi connectivity index (χ2v) is 5.32. The lowest BCUT2D eigenvalue weighted by Crippen LogP contribution is -2.46. The molecule has 0 spiro atoms. The zero-order valence-corrected chi connectivity index (χ0v) is 13.3. The first-order valence-corrected chi connectivity index (χ1v) is 7.26. The van der Waals surface area contributed by atoms with Gasteiger partial charge in [-0.05, 0) is 19.9 Å². The standard InChI is InChI=1S/C16H19N3O2.ClH/c1-17-13-8-5-9-19(11-13)16(20)15-10-14(18-21-15)12-6-3-2-4-7-12;/h2-4,6-7,10,13,17H,5,8-9,11H2,1H3;1H. The molecule has 1 saturated heterocycles. The van der Waals surface area contributed by atoms with Gasteiger partial charge in [0.15, 0.2) is 0 Å². The zero-order chi connectivity index (χ0) is 14.7. The van der Waals surface area contributed by atoms with E-state index < -0.39 is 0 Å². The van der Waals surface area contributed by atoms with Crippen molar-refractivity contribution in [3.05, 3.63) is 42.2 Å². The smallest absolute Gasteiger partial charge is 0.292 e. The monoisotopic (exact) mass is 321 g/mol. The number of carbonyl (C=O) groups excluding carboxylic acids is 1. The summed E-state index contributed by atoms with van der Waals surface area (Å²) in [6.07, 6.45) is 2.11. The molecule has 1 fully saturated rings. The Morgan fingerprint density at radius 2 is 2.14 bits per heavy atom. The fourth-order valence-corrected chi connectivity index (χ4v) is 2.67. The topological polar surface area (TPSA) is 58.4 Å². The first-order valence-electron chi connectivity index (χ1n) is 7.26. The third kappa shape index (κ3) is 3.48. The summed E-state index contributed by atoms with van der Waals surface area (Å²) in [5.41, 5.74) is 1.65. The number of aromatic nitrogens is 1. The van der Waals surface area contributed by atoms with Crippen molar-refractivity contribution >= 4 is 18.3 Å². The molecular formula is C16H20ClN3O2. The Kier molecular flexibility index (Phi) is 5.57. The van der Waals surface area contributed by atoms with Crippen LogP contribution in [0.3, 0.4) is 0 Å². The highest BCUT2D eigenvalue weighted by Crippen LogP contribution is 2.20. The molecule has 1 atom stereocenters. The van der Waals surface area contributed by atoms with Gasteiger partial charge in [-0.1, -0.05) is 35.5 Å². The molecule has 3 rings (SSSR count). The lowest BCUT2D eigenvalue weighted by molar-refractivity contribution is 0.0656. The van der Waals surface area contributed by atoms with E-state index in [0.29, 0.717) is 17.5 Å². The maximum absolute atomic E-state index is 12.5. The van der Waals surface area contributed by atoms with Crippen LogP contribution >= 0.6 is 12.4 Å². The molecule has 1 N–H and O–H groups in total. The molecular weight excluding hydrogens is 302 g/mol. The van der Waals surface area contributed by atoms with Crippen LogP contribution in [0.1, 0.15) is 23.4 Å². The van der Waals surface area contributed by atoms with Crippen molar-refractivity contribution in [1.29, 1.82) is 0 Å². The van der Waals surface area contributed by atoms with Crippen LogP contribution in [-0.4, -0.2) is 42.1 Å². The normalized spacial score (nSPS) is 17.9. The van der Waals surface area contributed by atoms with Crippen molar-refractivity contribution in [1.82, 2.24) is 15.4 Å². The van der Waals surface area contributed by atoms with Gasteiger partial charge in [0.2, 0.25) is 5.76 Å². The molecule has 0 radical (unpaired) electrons. The van der Waals surface area contributed by atoms with Gasteiger partial charge in [0, 0.05) is 30.8 Å². The van der Waals surface area contributed by atoms with E-state index in [-0.39, 0.29) is 18.3 Å². The minimum atomic E-state index is -0.0790. The second-order valence-electron chi connectivity index (χ2n) is 5.32. The van der Waals surface area contributed by atoms with Crippen LogP contribution in [0.5, 0.6) is 0 Å². The summed E-state index contributed by atoms with van der Waals surface area (Å²) >= 11 is 0. The number of halogens is 1. The average molecular weight is 322 g/mol. The molecule has 0 aliphatic carbocycles. The number of hydrogen-bond acceptors (Lipinski definition) is 4. The number of amides is 1. The lowest BCUT2D eigenvalue weighted by atomic mass is 10.1. The fraction of sp³-hybridized carbons (Fsp3) is 0.375. The van der Waals surface area contributed by atoms with Gasteiger partial charge in [-0.15, -0.1) is 12.4 Å². The number of likely N-dealkylation sites (N-methyl/N-ethyl adjacent to an activating group) is 1. The first kappa shape index (κ1) is 16.5. The fourth-order valence-electron chi connectivity index (χ4n) is 2.67. The van der Waals surface area contributed by atoms with Crippen molar-refractivity contribution in [3.63, 3.8) is 0 Å². The summed E-state index contributed by atoms with van der Waals surface area (Å²) in [5, 5.41) is 7.23. The molecule has 0 bridgehead atoms. The van der Waals surface area contributed by atoms with Crippen molar-refractivity contribution in [2.45, 2.75) is 18.9 Å². The molecule has 2 aromatic rings. The molecule has 1 aliphatic heterocycles. The summed E-state index contributed by atoms with van der Waals surface area (Å²) in [6, 6.07) is 11.8. The molecule has 6 heteroatoms. The average Bonchev–Trinajstić information content (AvgIpc) is 3.05. The lowest BCUT2D eigenvalue weighted by Gasteiger charge is -2.31. The summed E-state index contributed by atoms with van der Waals surface area (Å²) in [5.74, 6) is 0.232. The van der Waals surface area contributed by atoms with E-state index in [4.69, 9.17) is 4.52 Å². The second kappa shape index (κ2) is 7.42. The molecule has 1 amide bonds. The van der Waals surface area contributed by atoms with E-state index in [2.05, 4.69) is 10.5 Å². The van der Waals surface area contributed by atoms with Gasteiger partial charge < -0.3 is 14.7 Å². The van der Waals surface area contributed by atoms with Gasteiger partial charge in [-0.2, -0.15) is 0 Å². The molecule has 1 aromatic heterocycles. The molecule has 0 saturated carbocycles. The van der Waals surface area contributed by atoms with Gasteiger partial charge in [-0.3, -0.25) is 4.79 Å². The summed E-state index contributed by atoms with van der Waals surface area (Å²) in [4.78, 5) is 14.3. The van der Waals surface area contributed by atoms with Gasteiger partial charge in [-0.25, -0.2) is 0 Å². The van der Waals surface area contributed by atoms with Crippen LogP contribution in [0.2, 0.25) is 0 Å². The van der Waals surface area contributed by atoms with E-state index in [1.807, 2.05) is 42.3 Å². The van der Waals surface area contributed by atoms with Crippen LogP contribution in [0.25, 0.3) is 11.3 Å². The van der Waals surface area contributed by atoms with Crippen molar-refractivity contribution in [2.75, 3.05) is 20.1 Å². The summed E-state index contributed by atoms with van der Waals surface area (Å²) in [7, 11) is 1.93. The molecule has 1 unspecified atom stereocenters. The molecule has 1 aliphatic rings. The maximum Gasteiger partial charge on any atom is 0.292 e. The van der Waals surface area contributed by atoms with Crippen LogP contribution in [0.4, 0.5) is 0 Å². The number of nitrogens with zero attached hydrogens (tertiary/aromatic N) is 2. The van der Waals surface area contributed by atoms with Crippen molar-refractivity contribution in [2.24, 2.45) is 0 Å². The Balaban J connectivity index is 0.00000176. The predicted octanol–water partition coefficient (Wildman–Crippen LogP) is 2.59. The minimum Gasteiger partial charge on any atom is -0.350 e. The number of rotatable bonds is 3. The number of hydrogen-bond donors (Lipinski definition) is 1. The third-order valence-electron chi connectivity index (χ3n) is 3.91. The summed E-state index contributed by atoms with van der Waals surface area (Å²) < 4.78 is 5.24. The maximum atomic E-state index is 12.5. The molecule has 2 heterocycles. The predicted molar refractivity (Wildman–Crippen MR) is 87.2 cm³/mol. The Morgan fingerprint density at radius 3 is 2.86 bits per heavy atom.